The molecule has 0 atom stereocenters. The van der Waals surface area contributed by atoms with Gasteiger partial charge in [-0.05, 0) is 30.4 Å². The van der Waals surface area contributed by atoms with Gasteiger partial charge >= 0.3 is 0 Å². The number of thiocarbonyl (C=S) groups is 1. The van der Waals surface area contributed by atoms with Crippen molar-refractivity contribution in [2.24, 2.45) is 11.1 Å². The standard InChI is InChI=1S/C15H22N2S/c1-3-15(2)8-10-17(11-9-15)13-7-5-4-6-12(13)14(16)18/h4-7H,3,8-11H2,1-2H3,(H2,16,18). The lowest BCUT2D eigenvalue weighted by Gasteiger charge is -2.40. The molecule has 1 aromatic carbocycles. The number of piperidine rings is 1. The van der Waals surface area contributed by atoms with Crippen LogP contribution in [-0.4, -0.2) is 18.1 Å². The van der Waals surface area contributed by atoms with Crippen molar-refractivity contribution in [3.05, 3.63) is 29.8 Å². The first-order valence-corrected chi connectivity index (χ1v) is 7.10. The topological polar surface area (TPSA) is 29.3 Å². The maximum absolute atomic E-state index is 5.81. The predicted molar refractivity (Wildman–Crippen MR) is 82.2 cm³/mol. The molecule has 1 saturated heterocycles. The zero-order valence-electron chi connectivity index (χ0n) is 11.3. The maximum Gasteiger partial charge on any atom is 0.106 e. The summed E-state index contributed by atoms with van der Waals surface area (Å²) in [6, 6.07) is 8.21. The van der Waals surface area contributed by atoms with Crippen LogP contribution in [0.25, 0.3) is 0 Å². The van der Waals surface area contributed by atoms with Crippen LogP contribution >= 0.6 is 12.2 Å². The number of hydrogen-bond acceptors (Lipinski definition) is 2. The number of benzene rings is 1. The lowest BCUT2D eigenvalue weighted by atomic mass is 9.78. The van der Waals surface area contributed by atoms with E-state index in [4.69, 9.17) is 18.0 Å². The molecule has 2 nitrogen and oxygen atoms in total. The SMILES string of the molecule is CCC1(C)CCN(c2ccccc2C(N)=S)CC1. The van der Waals surface area contributed by atoms with Crippen LogP contribution in [0.15, 0.2) is 24.3 Å². The number of rotatable bonds is 3. The van der Waals surface area contributed by atoms with Crippen LogP contribution in [0, 0.1) is 5.41 Å². The van der Waals surface area contributed by atoms with Crippen molar-refractivity contribution in [1.82, 2.24) is 0 Å². The average Bonchev–Trinajstić information content (AvgIpc) is 2.39. The number of nitrogens with zero attached hydrogens (tertiary/aromatic N) is 1. The average molecular weight is 262 g/mol. The fourth-order valence-corrected chi connectivity index (χ4v) is 2.77. The van der Waals surface area contributed by atoms with E-state index < -0.39 is 0 Å². The molecule has 0 unspecified atom stereocenters. The molecule has 0 aliphatic carbocycles. The maximum atomic E-state index is 5.81. The van der Waals surface area contributed by atoms with Crippen molar-refractivity contribution in [1.29, 1.82) is 0 Å². The predicted octanol–water partition coefficient (Wildman–Crippen LogP) is 3.34. The van der Waals surface area contributed by atoms with Gasteiger partial charge in [0.05, 0.1) is 0 Å². The second-order valence-corrected chi connectivity index (χ2v) is 5.97. The van der Waals surface area contributed by atoms with Gasteiger partial charge in [-0.2, -0.15) is 0 Å². The van der Waals surface area contributed by atoms with E-state index in [1.54, 1.807) is 0 Å². The van der Waals surface area contributed by atoms with Gasteiger partial charge in [0.15, 0.2) is 0 Å². The van der Waals surface area contributed by atoms with Crippen molar-refractivity contribution in [2.45, 2.75) is 33.1 Å². The first kappa shape index (κ1) is 13.3. The normalized spacial score (nSPS) is 18.7. The summed E-state index contributed by atoms with van der Waals surface area (Å²) in [4.78, 5) is 2.92. The molecule has 3 heteroatoms. The summed E-state index contributed by atoms with van der Waals surface area (Å²) in [5.41, 5.74) is 8.52. The van der Waals surface area contributed by atoms with Gasteiger partial charge in [0, 0.05) is 24.3 Å². The van der Waals surface area contributed by atoms with Crippen molar-refractivity contribution in [2.75, 3.05) is 18.0 Å². The molecular weight excluding hydrogens is 240 g/mol. The molecule has 1 aliphatic heterocycles. The molecule has 18 heavy (non-hydrogen) atoms. The van der Waals surface area contributed by atoms with E-state index >= 15 is 0 Å². The highest BCUT2D eigenvalue weighted by molar-refractivity contribution is 7.80. The lowest BCUT2D eigenvalue weighted by molar-refractivity contribution is 0.238. The van der Waals surface area contributed by atoms with Crippen LogP contribution in [-0.2, 0) is 0 Å². The van der Waals surface area contributed by atoms with Gasteiger partial charge in [0.2, 0.25) is 0 Å². The molecule has 1 fully saturated rings. The minimum absolute atomic E-state index is 0.495. The van der Waals surface area contributed by atoms with E-state index in [1.165, 1.54) is 24.9 Å². The van der Waals surface area contributed by atoms with Crippen LogP contribution in [0.4, 0.5) is 5.69 Å². The van der Waals surface area contributed by atoms with Crippen molar-refractivity contribution < 1.29 is 0 Å². The Morgan fingerprint density at radius 3 is 2.50 bits per heavy atom. The third-order valence-corrected chi connectivity index (χ3v) is 4.55. The van der Waals surface area contributed by atoms with Gasteiger partial charge in [-0.25, -0.2) is 0 Å². The molecule has 1 aliphatic rings. The highest BCUT2D eigenvalue weighted by Crippen LogP contribution is 2.36. The fraction of sp³-hybridized carbons (Fsp3) is 0.533. The third-order valence-electron chi connectivity index (χ3n) is 4.33. The van der Waals surface area contributed by atoms with E-state index in [0.717, 1.165) is 18.7 Å². The van der Waals surface area contributed by atoms with Crippen LogP contribution in [0.5, 0.6) is 0 Å². The van der Waals surface area contributed by atoms with Gasteiger partial charge in [0.25, 0.3) is 0 Å². The van der Waals surface area contributed by atoms with Crippen LogP contribution < -0.4 is 10.6 Å². The van der Waals surface area contributed by atoms with Crippen LogP contribution in [0.1, 0.15) is 38.7 Å². The molecular formula is C15H22N2S. The quantitative estimate of drug-likeness (QED) is 0.847. The van der Waals surface area contributed by atoms with Gasteiger partial charge in [-0.1, -0.05) is 44.6 Å². The molecule has 0 bridgehead atoms. The summed E-state index contributed by atoms with van der Waals surface area (Å²) in [6.45, 7) is 6.89. The monoisotopic (exact) mass is 262 g/mol. The Bertz CT molecular complexity index is 434. The summed E-state index contributed by atoms with van der Waals surface area (Å²) in [5, 5.41) is 0. The second kappa shape index (κ2) is 5.27. The molecule has 0 aromatic heterocycles. The molecule has 2 N–H and O–H groups in total. The number of hydrogen-bond donors (Lipinski definition) is 1. The summed E-state index contributed by atoms with van der Waals surface area (Å²) in [5.74, 6) is 0. The Morgan fingerprint density at radius 2 is 1.94 bits per heavy atom. The highest BCUT2D eigenvalue weighted by atomic mass is 32.1. The minimum Gasteiger partial charge on any atom is -0.389 e. The summed E-state index contributed by atoms with van der Waals surface area (Å²) in [6.07, 6.45) is 3.75. The van der Waals surface area contributed by atoms with E-state index in [-0.39, 0.29) is 0 Å². The zero-order valence-corrected chi connectivity index (χ0v) is 12.1. The molecule has 1 heterocycles. The zero-order chi connectivity index (χ0) is 13.2. The van der Waals surface area contributed by atoms with E-state index in [0.29, 0.717) is 10.4 Å². The smallest absolute Gasteiger partial charge is 0.106 e. The molecule has 1 aromatic rings. The van der Waals surface area contributed by atoms with Crippen LogP contribution in [0.2, 0.25) is 0 Å². The Hall–Kier alpha value is -1.09. The van der Waals surface area contributed by atoms with Gasteiger partial charge in [-0.3, -0.25) is 0 Å². The van der Waals surface area contributed by atoms with Gasteiger partial charge < -0.3 is 10.6 Å². The molecule has 2 rings (SSSR count). The Labute approximate surface area is 115 Å². The van der Waals surface area contributed by atoms with E-state index in [2.05, 4.69) is 30.9 Å². The minimum atomic E-state index is 0.495. The van der Waals surface area contributed by atoms with Gasteiger partial charge in [-0.15, -0.1) is 0 Å². The molecule has 0 amide bonds. The fourth-order valence-electron chi connectivity index (χ4n) is 2.60. The summed E-state index contributed by atoms with van der Waals surface area (Å²) in [7, 11) is 0. The first-order chi connectivity index (χ1) is 8.56. The Balaban J connectivity index is 2.17. The van der Waals surface area contributed by atoms with Crippen molar-refractivity contribution in [3.8, 4) is 0 Å². The number of anilines is 1. The van der Waals surface area contributed by atoms with Crippen molar-refractivity contribution >= 4 is 22.9 Å². The van der Waals surface area contributed by atoms with Crippen LogP contribution in [0.3, 0.4) is 0 Å². The molecule has 98 valence electrons. The second-order valence-electron chi connectivity index (χ2n) is 5.53. The largest absolute Gasteiger partial charge is 0.389 e. The van der Waals surface area contributed by atoms with E-state index in [9.17, 15) is 0 Å². The Kier molecular flexibility index (Phi) is 3.91. The highest BCUT2D eigenvalue weighted by Gasteiger charge is 2.29. The third kappa shape index (κ3) is 2.66. The number of nitrogens with two attached hydrogens (primary N) is 1. The Morgan fingerprint density at radius 1 is 1.33 bits per heavy atom. The van der Waals surface area contributed by atoms with Crippen molar-refractivity contribution in [3.63, 3.8) is 0 Å². The van der Waals surface area contributed by atoms with Gasteiger partial charge in [0.1, 0.15) is 4.99 Å². The summed E-state index contributed by atoms with van der Waals surface area (Å²) < 4.78 is 0. The lowest BCUT2D eigenvalue weighted by Crippen LogP contribution is -2.39. The summed E-state index contributed by atoms with van der Waals surface area (Å²) >= 11 is 5.14. The van der Waals surface area contributed by atoms with E-state index in [1.807, 2.05) is 12.1 Å². The number of para-hydroxylation sites is 1. The molecule has 0 spiro atoms. The molecule has 0 radical (unpaired) electrons. The first-order valence-electron chi connectivity index (χ1n) is 6.69. The molecule has 0 saturated carbocycles.